The van der Waals surface area contributed by atoms with E-state index in [1.807, 2.05) is 0 Å². The number of methoxy groups -OCH3 is 2. The van der Waals surface area contributed by atoms with Crippen molar-refractivity contribution in [3.63, 3.8) is 0 Å². The highest BCUT2D eigenvalue weighted by atomic mass is 16.5. The lowest BCUT2D eigenvalue weighted by atomic mass is 9.93. The van der Waals surface area contributed by atoms with E-state index in [-0.39, 0.29) is 6.10 Å². The van der Waals surface area contributed by atoms with Crippen molar-refractivity contribution in [2.24, 2.45) is 0 Å². The van der Waals surface area contributed by atoms with Crippen LogP contribution in [0.1, 0.15) is 75.5 Å². The highest BCUT2D eigenvalue weighted by Gasteiger charge is 2.11. The van der Waals surface area contributed by atoms with Gasteiger partial charge in [-0.05, 0) is 59.9 Å². The molecule has 2 nitrogen and oxygen atoms in total. The molecule has 0 fully saturated rings. The van der Waals surface area contributed by atoms with E-state index in [0.29, 0.717) is 0 Å². The number of benzene rings is 2. The van der Waals surface area contributed by atoms with Gasteiger partial charge in [-0.25, -0.2) is 0 Å². The average molecular weight is 411 g/mol. The van der Waals surface area contributed by atoms with E-state index in [1.54, 1.807) is 14.2 Å². The summed E-state index contributed by atoms with van der Waals surface area (Å²) in [6.45, 7) is 5.26. The van der Waals surface area contributed by atoms with Crippen molar-refractivity contribution in [1.29, 1.82) is 0 Å². The van der Waals surface area contributed by atoms with Crippen molar-refractivity contribution >= 4 is 0 Å². The maximum absolute atomic E-state index is 5.64. The molecule has 166 valence electrons. The summed E-state index contributed by atoms with van der Waals surface area (Å²) in [7, 11) is 3.54. The maximum Gasteiger partial charge on any atom is 0.0633 e. The van der Waals surface area contributed by atoms with Crippen LogP contribution in [-0.2, 0) is 28.7 Å². The third kappa shape index (κ3) is 8.24. The zero-order chi connectivity index (χ0) is 21.6. The van der Waals surface area contributed by atoms with Crippen molar-refractivity contribution in [1.82, 2.24) is 0 Å². The molecule has 30 heavy (non-hydrogen) atoms. The molecular formula is C28H42O2. The highest BCUT2D eigenvalue weighted by Crippen LogP contribution is 2.27. The summed E-state index contributed by atoms with van der Waals surface area (Å²) in [6, 6.07) is 16.2. The Labute approximate surface area is 185 Å². The second-order valence-corrected chi connectivity index (χ2v) is 8.40. The Morgan fingerprint density at radius 1 is 0.800 bits per heavy atom. The van der Waals surface area contributed by atoms with Crippen LogP contribution < -0.4 is 0 Å². The van der Waals surface area contributed by atoms with Crippen LogP contribution in [0, 0.1) is 0 Å². The number of aryl methyl sites for hydroxylation is 2. The standard InChI is InChI=1S/C28H42O2/c1-5-7-8-9-10-11-12-23-13-16-26(17-14-23)28-18-15-24(21-25(28)6-2)22-27(30-4)19-20-29-3/h13-18,21,27H,5-12,19-20,22H2,1-4H3. The van der Waals surface area contributed by atoms with Crippen LogP contribution in [0.2, 0.25) is 0 Å². The smallest absolute Gasteiger partial charge is 0.0633 e. The van der Waals surface area contributed by atoms with Gasteiger partial charge in [-0.3, -0.25) is 0 Å². The zero-order valence-electron chi connectivity index (χ0n) is 19.7. The third-order valence-electron chi connectivity index (χ3n) is 6.08. The van der Waals surface area contributed by atoms with Gasteiger partial charge in [0.2, 0.25) is 0 Å². The second kappa shape index (κ2) is 14.4. The van der Waals surface area contributed by atoms with Crippen LogP contribution in [-0.4, -0.2) is 26.9 Å². The van der Waals surface area contributed by atoms with Gasteiger partial charge in [0.25, 0.3) is 0 Å². The van der Waals surface area contributed by atoms with Crippen molar-refractivity contribution in [2.45, 2.75) is 84.2 Å². The molecule has 0 radical (unpaired) electrons. The molecule has 0 aliphatic rings. The number of unbranched alkanes of at least 4 members (excludes halogenated alkanes) is 5. The number of hydrogen-bond acceptors (Lipinski definition) is 2. The van der Waals surface area contributed by atoms with E-state index in [0.717, 1.165) is 25.9 Å². The Bertz CT molecular complexity index is 705. The van der Waals surface area contributed by atoms with Gasteiger partial charge in [0, 0.05) is 20.8 Å². The zero-order valence-corrected chi connectivity index (χ0v) is 19.7. The molecule has 0 aliphatic heterocycles. The van der Waals surface area contributed by atoms with Gasteiger partial charge in [0.1, 0.15) is 0 Å². The molecule has 0 spiro atoms. The first-order valence-corrected chi connectivity index (χ1v) is 11.9. The van der Waals surface area contributed by atoms with E-state index in [2.05, 4.69) is 56.3 Å². The van der Waals surface area contributed by atoms with Gasteiger partial charge < -0.3 is 9.47 Å². The molecule has 0 bridgehead atoms. The Morgan fingerprint density at radius 2 is 1.50 bits per heavy atom. The number of ether oxygens (including phenoxy) is 2. The Balaban J connectivity index is 1.97. The second-order valence-electron chi connectivity index (χ2n) is 8.40. The minimum absolute atomic E-state index is 0.210. The molecule has 2 rings (SSSR count). The van der Waals surface area contributed by atoms with Crippen LogP contribution in [0.3, 0.4) is 0 Å². The highest BCUT2D eigenvalue weighted by molar-refractivity contribution is 5.68. The molecule has 1 atom stereocenters. The van der Waals surface area contributed by atoms with Crippen LogP contribution in [0.4, 0.5) is 0 Å². The van der Waals surface area contributed by atoms with Crippen LogP contribution in [0.25, 0.3) is 11.1 Å². The van der Waals surface area contributed by atoms with Crippen LogP contribution in [0.15, 0.2) is 42.5 Å². The van der Waals surface area contributed by atoms with Gasteiger partial charge in [0.05, 0.1) is 6.10 Å². The predicted octanol–water partition coefficient (Wildman–Crippen LogP) is 7.41. The number of rotatable bonds is 15. The fourth-order valence-corrected chi connectivity index (χ4v) is 4.12. The lowest BCUT2D eigenvalue weighted by molar-refractivity contribution is 0.0668. The fourth-order valence-electron chi connectivity index (χ4n) is 4.12. The molecule has 1 unspecified atom stereocenters. The minimum atomic E-state index is 0.210. The van der Waals surface area contributed by atoms with Gasteiger partial charge in [-0.15, -0.1) is 0 Å². The molecule has 0 saturated carbocycles. The van der Waals surface area contributed by atoms with Crippen molar-refractivity contribution in [3.8, 4) is 11.1 Å². The summed E-state index contributed by atoms with van der Waals surface area (Å²) in [5, 5.41) is 0. The quantitative estimate of drug-likeness (QED) is 0.285. The number of hydrogen-bond donors (Lipinski definition) is 0. The van der Waals surface area contributed by atoms with E-state index in [4.69, 9.17) is 9.47 Å². The van der Waals surface area contributed by atoms with E-state index < -0.39 is 0 Å². The summed E-state index contributed by atoms with van der Waals surface area (Å²) >= 11 is 0. The summed E-state index contributed by atoms with van der Waals surface area (Å²) in [5.41, 5.74) is 6.91. The molecule has 0 amide bonds. The normalized spacial score (nSPS) is 12.3. The average Bonchev–Trinajstić information content (AvgIpc) is 2.79. The lowest BCUT2D eigenvalue weighted by Gasteiger charge is -2.17. The fraction of sp³-hybridized carbons (Fsp3) is 0.571. The lowest BCUT2D eigenvalue weighted by Crippen LogP contribution is -2.16. The third-order valence-corrected chi connectivity index (χ3v) is 6.08. The Morgan fingerprint density at radius 3 is 2.17 bits per heavy atom. The Hall–Kier alpha value is -1.64. The monoisotopic (exact) mass is 410 g/mol. The van der Waals surface area contributed by atoms with Gasteiger partial charge in [0.15, 0.2) is 0 Å². The van der Waals surface area contributed by atoms with E-state index >= 15 is 0 Å². The molecule has 2 aromatic carbocycles. The van der Waals surface area contributed by atoms with Crippen molar-refractivity contribution in [2.75, 3.05) is 20.8 Å². The summed E-state index contributed by atoms with van der Waals surface area (Å²) in [6.07, 6.45) is 12.5. The predicted molar refractivity (Wildman–Crippen MR) is 129 cm³/mol. The Kier molecular flexibility index (Phi) is 11.8. The van der Waals surface area contributed by atoms with E-state index in [9.17, 15) is 0 Å². The van der Waals surface area contributed by atoms with Crippen LogP contribution >= 0.6 is 0 Å². The molecule has 0 N–H and O–H groups in total. The first kappa shape index (κ1) is 24.6. The SMILES string of the molecule is CCCCCCCCc1ccc(-c2ccc(CC(CCOC)OC)cc2CC)cc1. The van der Waals surface area contributed by atoms with E-state index in [1.165, 1.54) is 72.8 Å². The maximum atomic E-state index is 5.64. The topological polar surface area (TPSA) is 18.5 Å². The summed E-state index contributed by atoms with van der Waals surface area (Å²) in [5.74, 6) is 0. The molecule has 2 aromatic rings. The van der Waals surface area contributed by atoms with Gasteiger partial charge in [-0.1, -0.05) is 88.4 Å². The molecule has 0 aromatic heterocycles. The summed E-state index contributed by atoms with van der Waals surface area (Å²) < 4.78 is 10.8. The van der Waals surface area contributed by atoms with Gasteiger partial charge >= 0.3 is 0 Å². The molecule has 0 saturated heterocycles. The first-order valence-electron chi connectivity index (χ1n) is 11.9. The molecule has 2 heteroatoms. The van der Waals surface area contributed by atoms with Gasteiger partial charge in [-0.2, -0.15) is 0 Å². The molecule has 0 aliphatic carbocycles. The first-order chi connectivity index (χ1) is 14.7. The molecule has 0 heterocycles. The van der Waals surface area contributed by atoms with Crippen LogP contribution in [0.5, 0.6) is 0 Å². The molecular weight excluding hydrogens is 368 g/mol. The van der Waals surface area contributed by atoms with Crippen molar-refractivity contribution < 1.29 is 9.47 Å². The largest absolute Gasteiger partial charge is 0.385 e. The minimum Gasteiger partial charge on any atom is -0.385 e. The summed E-state index contributed by atoms with van der Waals surface area (Å²) in [4.78, 5) is 0. The van der Waals surface area contributed by atoms with Crippen molar-refractivity contribution in [3.05, 3.63) is 59.2 Å².